The zero-order valence-electron chi connectivity index (χ0n) is 13.9. The summed E-state index contributed by atoms with van der Waals surface area (Å²) < 4.78 is 0. The van der Waals surface area contributed by atoms with Crippen LogP contribution in [-0.4, -0.2) is 29.1 Å². The molecule has 1 spiro atoms. The third-order valence-electron chi connectivity index (χ3n) is 6.16. The molecule has 2 saturated carbocycles. The van der Waals surface area contributed by atoms with Crippen molar-refractivity contribution in [1.29, 1.82) is 0 Å². The summed E-state index contributed by atoms with van der Waals surface area (Å²) >= 11 is 0. The molecule has 3 fully saturated rings. The first kappa shape index (κ1) is 15.3. The van der Waals surface area contributed by atoms with Gasteiger partial charge in [-0.3, -0.25) is 10.1 Å². The lowest BCUT2D eigenvalue weighted by atomic mass is 9.81. The molecule has 21 heavy (non-hydrogen) atoms. The molecule has 1 amide bonds. The van der Waals surface area contributed by atoms with Crippen LogP contribution in [0.3, 0.4) is 0 Å². The summed E-state index contributed by atoms with van der Waals surface area (Å²) in [6.45, 7) is 5.56. The van der Waals surface area contributed by atoms with Gasteiger partial charge in [0.25, 0.3) is 0 Å². The monoisotopic (exact) mass is 292 g/mol. The minimum atomic E-state index is -0.180. The highest BCUT2D eigenvalue weighted by Crippen LogP contribution is 2.38. The second kappa shape index (κ2) is 6.28. The summed E-state index contributed by atoms with van der Waals surface area (Å²) in [4.78, 5) is 15.1. The van der Waals surface area contributed by atoms with Gasteiger partial charge in [0.1, 0.15) is 0 Å². The molecule has 2 aliphatic carbocycles. The topological polar surface area (TPSA) is 32.3 Å². The predicted molar refractivity (Wildman–Crippen MR) is 85.9 cm³/mol. The van der Waals surface area contributed by atoms with Gasteiger partial charge in [-0.05, 0) is 43.9 Å². The molecule has 3 heteroatoms. The van der Waals surface area contributed by atoms with Crippen LogP contribution in [0.1, 0.15) is 78.1 Å². The van der Waals surface area contributed by atoms with Crippen molar-refractivity contribution in [2.75, 3.05) is 6.54 Å². The standard InChI is InChI=1S/C18H32N2O/c1-3-16-19-18(10-4-5-11-18)17(21)20(16)12-9-15-8-6-7-14(2)13-15/h14-16,19H,3-13H2,1-2H3. The molecule has 1 N–H and O–H groups in total. The highest BCUT2D eigenvalue weighted by molar-refractivity contribution is 5.89. The van der Waals surface area contributed by atoms with Crippen molar-refractivity contribution < 1.29 is 4.79 Å². The number of carbonyl (C=O) groups is 1. The molecule has 120 valence electrons. The van der Waals surface area contributed by atoms with E-state index in [2.05, 4.69) is 24.1 Å². The zero-order valence-corrected chi connectivity index (χ0v) is 13.9. The van der Waals surface area contributed by atoms with Crippen LogP contribution in [0.4, 0.5) is 0 Å². The van der Waals surface area contributed by atoms with Crippen LogP contribution in [0, 0.1) is 11.8 Å². The molecule has 1 aliphatic heterocycles. The minimum absolute atomic E-state index is 0.180. The van der Waals surface area contributed by atoms with Crippen molar-refractivity contribution in [2.24, 2.45) is 11.8 Å². The largest absolute Gasteiger partial charge is 0.326 e. The zero-order chi connectivity index (χ0) is 14.9. The van der Waals surface area contributed by atoms with E-state index in [1.54, 1.807) is 0 Å². The molecular formula is C18H32N2O. The van der Waals surface area contributed by atoms with Crippen LogP contribution in [0.5, 0.6) is 0 Å². The van der Waals surface area contributed by atoms with Gasteiger partial charge in [-0.15, -0.1) is 0 Å². The normalized spacial score (nSPS) is 35.8. The van der Waals surface area contributed by atoms with Gasteiger partial charge in [-0.25, -0.2) is 0 Å². The highest BCUT2D eigenvalue weighted by Gasteiger charge is 2.51. The van der Waals surface area contributed by atoms with Gasteiger partial charge in [0.05, 0.1) is 11.7 Å². The molecule has 1 saturated heterocycles. The Kier molecular flexibility index (Phi) is 4.58. The van der Waals surface area contributed by atoms with Crippen molar-refractivity contribution in [2.45, 2.75) is 89.8 Å². The maximum atomic E-state index is 12.9. The van der Waals surface area contributed by atoms with Crippen LogP contribution in [0.25, 0.3) is 0 Å². The fourth-order valence-electron chi connectivity index (χ4n) is 4.94. The van der Waals surface area contributed by atoms with E-state index in [0.717, 1.165) is 37.6 Å². The van der Waals surface area contributed by atoms with E-state index in [1.807, 2.05) is 0 Å². The molecule has 3 unspecified atom stereocenters. The molecule has 3 rings (SSSR count). The van der Waals surface area contributed by atoms with Crippen molar-refractivity contribution in [1.82, 2.24) is 10.2 Å². The maximum absolute atomic E-state index is 12.9. The van der Waals surface area contributed by atoms with Crippen LogP contribution in [0.15, 0.2) is 0 Å². The Labute approximate surface area is 129 Å². The lowest BCUT2D eigenvalue weighted by Gasteiger charge is -2.30. The number of rotatable bonds is 4. The molecule has 0 aromatic rings. The van der Waals surface area contributed by atoms with Gasteiger partial charge >= 0.3 is 0 Å². The van der Waals surface area contributed by atoms with Crippen molar-refractivity contribution >= 4 is 5.91 Å². The fourth-order valence-corrected chi connectivity index (χ4v) is 4.94. The van der Waals surface area contributed by atoms with Crippen LogP contribution < -0.4 is 5.32 Å². The Morgan fingerprint density at radius 1 is 1.24 bits per heavy atom. The number of hydrogen-bond donors (Lipinski definition) is 1. The molecule has 0 aromatic carbocycles. The SMILES string of the molecule is CCC1NC2(CCCC2)C(=O)N1CCC1CCCC(C)C1. The molecule has 3 atom stereocenters. The average molecular weight is 292 g/mol. The van der Waals surface area contributed by atoms with E-state index >= 15 is 0 Å². The predicted octanol–water partition coefficient (Wildman–Crippen LogP) is 3.68. The van der Waals surface area contributed by atoms with E-state index in [1.165, 1.54) is 44.9 Å². The number of nitrogens with one attached hydrogen (secondary N) is 1. The maximum Gasteiger partial charge on any atom is 0.244 e. The summed E-state index contributed by atoms with van der Waals surface area (Å²) in [6, 6.07) is 0. The van der Waals surface area contributed by atoms with Gasteiger partial charge in [0, 0.05) is 6.54 Å². The molecule has 1 heterocycles. The summed E-state index contributed by atoms with van der Waals surface area (Å²) in [5.41, 5.74) is -0.180. The Balaban J connectivity index is 1.59. The minimum Gasteiger partial charge on any atom is -0.326 e. The number of carbonyl (C=O) groups excluding carboxylic acids is 1. The molecule has 3 aliphatic rings. The number of amides is 1. The van der Waals surface area contributed by atoms with E-state index in [4.69, 9.17) is 0 Å². The molecule has 3 nitrogen and oxygen atoms in total. The van der Waals surface area contributed by atoms with Crippen molar-refractivity contribution in [3.63, 3.8) is 0 Å². The van der Waals surface area contributed by atoms with Crippen molar-refractivity contribution in [3.8, 4) is 0 Å². The van der Waals surface area contributed by atoms with E-state index in [0.29, 0.717) is 5.91 Å². The fraction of sp³-hybridized carbons (Fsp3) is 0.944. The Morgan fingerprint density at radius 2 is 2.00 bits per heavy atom. The first-order valence-corrected chi connectivity index (χ1v) is 9.23. The smallest absolute Gasteiger partial charge is 0.244 e. The second-order valence-corrected chi connectivity index (χ2v) is 7.78. The molecular weight excluding hydrogens is 260 g/mol. The quantitative estimate of drug-likeness (QED) is 0.857. The lowest BCUT2D eigenvalue weighted by Crippen LogP contribution is -2.44. The van der Waals surface area contributed by atoms with Crippen LogP contribution in [-0.2, 0) is 4.79 Å². The summed E-state index contributed by atoms with van der Waals surface area (Å²) in [6.07, 6.45) is 12.6. The Morgan fingerprint density at radius 3 is 2.67 bits per heavy atom. The first-order valence-electron chi connectivity index (χ1n) is 9.23. The number of hydrogen-bond acceptors (Lipinski definition) is 2. The van der Waals surface area contributed by atoms with Gasteiger partial charge < -0.3 is 4.90 Å². The molecule has 0 aromatic heterocycles. The van der Waals surface area contributed by atoms with Gasteiger partial charge in [-0.2, -0.15) is 0 Å². The van der Waals surface area contributed by atoms with E-state index < -0.39 is 0 Å². The molecule has 0 bridgehead atoms. The Bertz CT molecular complexity index is 375. The lowest BCUT2D eigenvalue weighted by molar-refractivity contribution is -0.133. The third kappa shape index (κ3) is 2.99. The highest BCUT2D eigenvalue weighted by atomic mass is 16.2. The summed E-state index contributed by atoms with van der Waals surface area (Å²) in [5.74, 6) is 2.15. The third-order valence-corrected chi connectivity index (χ3v) is 6.16. The van der Waals surface area contributed by atoms with Crippen LogP contribution >= 0.6 is 0 Å². The van der Waals surface area contributed by atoms with Crippen molar-refractivity contribution in [3.05, 3.63) is 0 Å². The summed E-state index contributed by atoms with van der Waals surface area (Å²) in [7, 11) is 0. The first-order chi connectivity index (χ1) is 10.1. The molecule has 0 radical (unpaired) electrons. The van der Waals surface area contributed by atoms with Gasteiger partial charge in [0.15, 0.2) is 0 Å². The average Bonchev–Trinajstić information content (AvgIpc) is 3.05. The Hall–Kier alpha value is -0.570. The van der Waals surface area contributed by atoms with Gasteiger partial charge in [-0.1, -0.05) is 46.0 Å². The summed E-state index contributed by atoms with van der Waals surface area (Å²) in [5, 5.41) is 3.69. The van der Waals surface area contributed by atoms with Gasteiger partial charge in [0.2, 0.25) is 5.91 Å². The number of nitrogens with zero attached hydrogens (tertiary/aromatic N) is 1. The van der Waals surface area contributed by atoms with E-state index in [-0.39, 0.29) is 11.7 Å². The second-order valence-electron chi connectivity index (χ2n) is 7.78. The van der Waals surface area contributed by atoms with Crippen LogP contribution in [0.2, 0.25) is 0 Å². The van der Waals surface area contributed by atoms with E-state index in [9.17, 15) is 4.79 Å².